The molecule has 0 aliphatic rings. The van der Waals surface area contributed by atoms with E-state index in [-0.39, 0.29) is 10.7 Å². The van der Waals surface area contributed by atoms with Gasteiger partial charge in [0.2, 0.25) is 0 Å². The van der Waals surface area contributed by atoms with Crippen molar-refractivity contribution in [3.63, 3.8) is 0 Å². The summed E-state index contributed by atoms with van der Waals surface area (Å²) in [7, 11) is 0. The number of hydrogen-bond acceptors (Lipinski definition) is 4. The van der Waals surface area contributed by atoms with Gasteiger partial charge >= 0.3 is 5.97 Å². The summed E-state index contributed by atoms with van der Waals surface area (Å²) in [6.45, 7) is 1.99. The summed E-state index contributed by atoms with van der Waals surface area (Å²) in [4.78, 5) is 16.6. The van der Waals surface area contributed by atoms with Crippen LogP contribution in [-0.2, 0) is 9.63 Å². The Morgan fingerprint density at radius 3 is 3.06 bits per heavy atom. The second-order valence-corrected chi connectivity index (χ2v) is 5.17. The molecule has 0 saturated heterocycles. The lowest BCUT2D eigenvalue weighted by atomic mass is 10.2. The fourth-order valence-electron chi connectivity index (χ4n) is 0.992. The molecule has 1 unspecified atom stereocenters. The molecule has 0 aliphatic carbocycles. The Kier molecular flexibility index (Phi) is 5.48. The maximum Gasteiger partial charge on any atom is 0.348 e. The number of carbonyl (C=O) groups is 1. The van der Waals surface area contributed by atoms with Gasteiger partial charge in [-0.05, 0) is 17.9 Å². The van der Waals surface area contributed by atoms with Crippen LogP contribution in [0.3, 0.4) is 0 Å². The van der Waals surface area contributed by atoms with E-state index in [0.717, 1.165) is 11.3 Å². The molecule has 1 aromatic heterocycles. The molecule has 0 radical (unpaired) electrons. The minimum atomic E-state index is -0.415. The highest BCUT2D eigenvalue weighted by molar-refractivity contribution is 9.10. The average Bonchev–Trinajstić information content (AvgIpc) is 2.79. The highest BCUT2D eigenvalue weighted by Gasteiger charge is 2.15. The van der Waals surface area contributed by atoms with Gasteiger partial charge in [0, 0.05) is 0 Å². The zero-order valence-corrected chi connectivity index (χ0v) is 11.3. The molecule has 1 aromatic rings. The number of amidine groups is 1. The minimum Gasteiger partial charge on any atom is -0.380 e. The van der Waals surface area contributed by atoms with Crippen LogP contribution in [-0.4, -0.2) is 16.6 Å². The van der Waals surface area contributed by atoms with Crippen molar-refractivity contribution < 1.29 is 9.63 Å². The first kappa shape index (κ1) is 13.2. The van der Waals surface area contributed by atoms with Gasteiger partial charge in [-0.3, -0.25) is 0 Å². The van der Waals surface area contributed by atoms with Gasteiger partial charge in [-0.15, -0.1) is 11.3 Å². The van der Waals surface area contributed by atoms with Crippen LogP contribution in [0.15, 0.2) is 22.7 Å². The zero-order valence-electron chi connectivity index (χ0n) is 8.85. The molecule has 1 rings (SSSR count). The number of hydrogen-bond donors (Lipinski definition) is 1. The molecule has 0 aliphatic heterocycles. The summed E-state index contributed by atoms with van der Waals surface area (Å²) in [5.41, 5.74) is 5.63. The van der Waals surface area contributed by atoms with Crippen molar-refractivity contribution in [3.8, 4) is 0 Å². The lowest BCUT2D eigenvalue weighted by Gasteiger charge is -2.04. The quantitative estimate of drug-likeness (QED) is 0.299. The van der Waals surface area contributed by atoms with Gasteiger partial charge in [0.1, 0.15) is 4.83 Å². The largest absolute Gasteiger partial charge is 0.380 e. The summed E-state index contributed by atoms with van der Waals surface area (Å²) >= 11 is 4.66. The maximum atomic E-state index is 11.4. The van der Waals surface area contributed by atoms with E-state index in [1.54, 1.807) is 0 Å². The standard InChI is InChI=1S/C10H13BrN2O2S/c1-2-4-7(11)10(14)15-13-9(12)8-5-3-6-16-8/h3,5-7H,2,4H2,1H3,(H2,12,13). The third-order valence-electron chi connectivity index (χ3n) is 1.81. The smallest absolute Gasteiger partial charge is 0.348 e. The Morgan fingerprint density at radius 1 is 1.75 bits per heavy atom. The number of nitrogens with two attached hydrogens (primary N) is 1. The molecule has 0 saturated carbocycles. The molecule has 6 heteroatoms. The lowest BCUT2D eigenvalue weighted by molar-refractivity contribution is -0.142. The second kappa shape index (κ2) is 6.65. The molecule has 0 aromatic carbocycles. The SMILES string of the molecule is CCCC(Br)C(=O)O/N=C(\N)c1cccs1. The van der Waals surface area contributed by atoms with Crippen LogP contribution in [0.1, 0.15) is 24.6 Å². The molecule has 0 bridgehead atoms. The van der Waals surface area contributed by atoms with Gasteiger partial charge in [0.05, 0.1) is 4.88 Å². The molecule has 88 valence electrons. The van der Waals surface area contributed by atoms with Crippen LogP contribution in [0.5, 0.6) is 0 Å². The fraction of sp³-hybridized carbons (Fsp3) is 0.400. The third kappa shape index (κ3) is 3.94. The van der Waals surface area contributed by atoms with Gasteiger partial charge in [-0.1, -0.05) is 40.5 Å². The van der Waals surface area contributed by atoms with Crippen LogP contribution in [0.25, 0.3) is 0 Å². The number of alkyl halides is 1. The van der Waals surface area contributed by atoms with Crippen LogP contribution < -0.4 is 5.73 Å². The van der Waals surface area contributed by atoms with Crippen LogP contribution in [0, 0.1) is 0 Å². The first-order chi connectivity index (χ1) is 7.65. The Bertz CT molecular complexity index is 365. The molecular formula is C10H13BrN2O2S. The summed E-state index contributed by atoms with van der Waals surface area (Å²) in [6.07, 6.45) is 1.61. The van der Waals surface area contributed by atoms with E-state index < -0.39 is 5.97 Å². The Morgan fingerprint density at radius 2 is 2.50 bits per heavy atom. The van der Waals surface area contributed by atoms with Crippen molar-refractivity contribution in [2.45, 2.75) is 24.6 Å². The van der Waals surface area contributed by atoms with Gasteiger partial charge in [-0.2, -0.15) is 0 Å². The average molecular weight is 305 g/mol. The van der Waals surface area contributed by atoms with E-state index in [1.807, 2.05) is 24.4 Å². The normalized spacial score (nSPS) is 13.5. The molecule has 0 amide bonds. The van der Waals surface area contributed by atoms with Crippen molar-refractivity contribution in [1.29, 1.82) is 0 Å². The van der Waals surface area contributed by atoms with E-state index >= 15 is 0 Å². The van der Waals surface area contributed by atoms with E-state index in [2.05, 4.69) is 21.1 Å². The van der Waals surface area contributed by atoms with Crippen molar-refractivity contribution in [2.75, 3.05) is 0 Å². The number of thiophene rings is 1. The fourth-order valence-corrected chi connectivity index (χ4v) is 2.15. The topological polar surface area (TPSA) is 64.7 Å². The Balaban J connectivity index is 2.50. The van der Waals surface area contributed by atoms with Crippen molar-refractivity contribution in [1.82, 2.24) is 0 Å². The van der Waals surface area contributed by atoms with Gasteiger partial charge in [0.25, 0.3) is 0 Å². The zero-order chi connectivity index (χ0) is 12.0. The maximum absolute atomic E-state index is 11.4. The predicted octanol–water partition coefficient (Wildman–Crippen LogP) is 2.48. The predicted molar refractivity (Wildman–Crippen MR) is 68.8 cm³/mol. The van der Waals surface area contributed by atoms with Crippen LogP contribution in [0.2, 0.25) is 0 Å². The minimum absolute atomic E-state index is 0.222. The van der Waals surface area contributed by atoms with Gasteiger partial charge in [-0.25, -0.2) is 4.79 Å². The highest BCUT2D eigenvalue weighted by atomic mass is 79.9. The number of oxime groups is 1. The summed E-state index contributed by atoms with van der Waals surface area (Å²) in [6, 6.07) is 3.67. The van der Waals surface area contributed by atoms with Crippen LogP contribution in [0.4, 0.5) is 0 Å². The molecule has 0 fully saturated rings. The van der Waals surface area contributed by atoms with Gasteiger partial charge in [0.15, 0.2) is 5.84 Å². The molecular weight excluding hydrogens is 292 g/mol. The first-order valence-corrected chi connectivity index (χ1v) is 6.67. The highest BCUT2D eigenvalue weighted by Crippen LogP contribution is 2.11. The van der Waals surface area contributed by atoms with E-state index in [9.17, 15) is 4.79 Å². The lowest BCUT2D eigenvalue weighted by Crippen LogP contribution is -2.18. The van der Waals surface area contributed by atoms with E-state index in [0.29, 0.717) is 6.42 Å². The number of rotatable bonds is 5. The number of nitrogens with zero attached hydrogens (tertiary/aromatic N) is 1. The summed E-state index contributed by atoms with van der Waals surface area (Å²) in [5, 5.41) is 5.47. The molecule has 4 nitrogen and oxygen atoms in total. The second-order valence-electron chi connectivity index (χ2n) is 3.12. The Hall–Kier alpha value is -0.880. The summed E-state index contributed by atoms with van der Waals surface area (Å²) in [5.74, 6) is -0.194. The molecule has 1 heterocycles. The van der Waals surface area contributed by atoms with Crippen molar-refractivity contribution >= 4 is 39.1 Å². The molecule has 2 N–H and O–H groups in total. The van der Waals surface area contributed by atoms with Gasteiger partial charge < -0.3 is 10.6 Å². The molecule has 0 spiro atoms. The third-order valence-corrected chi connectivity index (χ3v) is 3.53. The summed E-state index contributed by atoms with van der Waals surface area (Å²) < 4.78 is 0. The van der Waals surface area contributed by atoms with E-state index in [4.69, 9.17) is 10.6 Å². The van der Waals surface area contributed by atoms with E-state index in [1.165, 1.54) is 11.3 Å². The van der Waals surface area contributed by atoms with Crippen molar-refractivity contribution in [2.24, 2.45) is 10.9 Å². The number of halogens is 1. The van der Waals surface area contributed by atoms with Crippen molar-refractivity contribution in [3.05, 3.63) is 22.4 Å². The Labute approximate surface area is 107 Å². The van der Waals surface area contributed by atoms with Crippen LogP contribution >= 0.6 is 27.3 Å². The number of carbonyl (C=O) groups excluding carboxylic acids is 1. The molecule has 16 heavy (non-hydrogen) atoms. The first-order valence-electron chi connectivity index (χ1n) is 4.87. The monoisotopic (exact) mass is 304 g/mol. The molecule has 1 atom stereocenters.